The molecule has 0 spiro atoms. The number of nitrogens with zero attached hydrogens (tertiary/aromatic N) is 3. The maximum Gasteiger partial charge on any atom is 0.237 e. The molecule has 1 saturated heterocycles. The van der Waals surface area contributed by atoms with Gasteiger partial charge in [0, 0.05) is 32.7 Å². The van der Waals surface area contributed by atoms with E-state index in [1.807, 2.05) is 7.05 Å². The van der Waals surface area contributed by atoms with Gasteiger partial charge in [0.15, 0.2) is 0 Å². The van der Waals surface area contributed by atoms with Crippen molar-refractivity contribution in [2.45, 2.75) is 6.54 Å². The number of rotatable bonds is 5. The van der Waals surface area contributed by atoms with Gasteiger partial charge in [-0.15, -0.1) is 0 Å². The van der Waals surface area contributed by atoms with Crippen molar-refractivity contribution in [3.63, 3.8) is 0 Å². The summed E-state index contributed by atoms with van der Waals surface area (Å²) in [6.07, 6.45) is 1.10. The van der Waals surface area contributed by atoms with Crippen LogP contribution in [0.15, 0.2) is 18.2 Å². The van der Waals surface area contributed by atoms with Gasteiger partial charge in [0.05, 0.1) is 22.8 Å². The molecular formula is C15H21Cl2N3O3S. The first-order chi connectivity index (χ1) is 11.2. The average Bonchev–Trinajstić information content (AvgIpc) is 2.50. The highest BCUT2D eigenvalue weighted by atomic mass is 35.5. The van der Waals surface area contributed by atoms with Gasteiger partial charge in [-0.1, -0.05) is 29.3 Å². The van der Waals surface area contributed by atoms with E-state index >= 15 is 0 Å². The number of carbonyl (C=O) groups is 1. The predicted octanol–water partition coefficient (Wildman–Crippen LogP) is 1.53. The minimum atomic E-state index is -3.53. The summed E-state index contributed by atoms with van der Waals surface area (Å²) >= 11 is 11.8. The number of sulfonamides is 1. The van der Waals surface area contributed by atoms with Crippen molar-refractivity contribution < 1.29 is 13.2 Å². The molecule has 24 heavy (non-hydrogen) atoms. The maximum atomic E-state index is 12.4. The Hall–Kier alpha value is -0.860. The van der Waals surface area contributed by atoms with Crippen molar-refractivity contribution in [2.75, 3.05) is 46.0 Å². The molecule has 0 aliphatic carbocycles. The number of likely N-dealkylation sites (N-methyl/N-ethyl adjacent to an activating group) is 1. The standard InChI is InChI=1S/C15H21Cl2N3O3S/c1-18-5-7-19(8-6-18)15(21)11-20(24(2,22)23)10-12-3-4-13(16)14(17)9-12/h3-4,9H,5-8,10-11H2,1-2H3. The lowest BCUT2D eigenvalue weighted by Gasteiger charge is -2.33. The van der Waals surface area contributed by atoms with Crippen LogP contribution in [0.3, 0.4) is 0 Å². The summed E-state index contributed by atoms with van der Waals surface area (Å²) in [6.45, 7) is 2.70. The van der Waals surface area contributed by atoms with Gasteiger partial charge in [-0.3, -0.25) is 4.79 Å². The van der Waals surface area contributed by atoms with E-state index in [1.54, 1.807) is 23.1 Å². The van der Waals surface area contributed by atoms with E-state index in [2.05, 4.69) is 4.90 Å². The second-order valence-electron chi connectivity index (χ2n) is 5.96. The molecule has 0 atom stereocenters. The normalized spacial score (nSPS) is 16.6. The van der Waals surface area contributed by atoms with Crippen LogP contribution in [0.5, 0.6) is 0 Å². The lowest BCUT2D eigenvalue weighted by atomic mass is 10.2. The van der Waals surface area contributed by atoms with E-state index in [9.17, 15) is 13.2 Å². The Morgan fingerprint density at radius 3 is 2.33 bits per heavy atom. The average molecular weight is 394 g/mol. The van der Waals surface area contributed by atoms with Gasteiger partial charge in [-0.2, -0.15) is 4.31 Å². The minimum Gasteiger partial charge on any atom is -0.339 e. The topological polar surface area (TPSA) is 60.9 Å². The molecule has 1 fully saturated rings. The van der Waals surface area contributed by atoms with Crippen LogP contribution in [0.1, 0.15) is 5.56 Å². The third kappa shape index (κ3) is 5.32. The first-order valence-electron chi connectivity index (χ1n) is 7.52. The molecule has 1 amide bonds. The van der Waals surface area contributed by atoms with Gasteiger partial charge in [0.1, 0.15) is 0 Å². The van der Waals surface area contributed by atoms with Crippen LogP contribution in [0.25, 0.3) is 0 Å². The molecule has 9 heteroatoms. The van der Waals surface area contributed by atoms with Crippen LogP contribution >= 0.6 is 23.2 Å². The highest BCUT2D eigenvalue weighted by molar-refractivity contribution is 7.88. The molecule has 0 N–H and O–H groups in total. The number of piperazine rings is 1. The number of benzene rings is 1. The largest absolute Gasteiger partial charge is 0.339 e. The lowest BCUT2D eigenvalue weighted by Crippen LogP contribution is -2.50. The van der Waals surface area contributed by atoms with E-state index in [-0.39, 0.29) is 19.0 Å². The van der Waals surface area contributed by atoms with E-state index in [1.165, 1.54) is 0 Å². The molecule has 2 rings (SSSR count). The number of carbonyl (C=O) groups excluding carboxylic acids is 1. The Morgan fingerprint density at radius 1 is 1.17 bits per heavy atom. The molecule has 0 radical (unpaired) electrons. The molecule has 0 unspecified atom stereocenters. The first kappa shape index (κ1) is 19.5. The highest BCUT2D eigenvalue weighted by Gasteiger charge is 2.25. The predicted molar refractivity (Wildman–Crippen MR) is 95.8 cm³/mol. The van der Waals surface area contributed by atoms with Crippen LogP contribution in [-0.2, 0) is 21.4 Å². The number of hydrogen-bond acceptors (Lipinski definition) is 4. The van der Waals surface area contributed by atoms with Gasteiger partial charge in [0.25, 0.3) is 0 Å². The second kappa shape index (κ2) is 8.01. The smallest absolute Gasteiger partial charge is 0.237 e. The summed E-state index contributed by atoms with van der Waals surface area (Å²) in [5.41, 5.74) is 0.681. The molecule has 0 bridgehead atoms. The Balaban J connectivity index is 2.08. The fourth-order valence-corrected chi connectivity index (χ4v) is 3.49. The van der Waals surface area contributed by atoms with Crippen molar-refractivity contribution in [2.24, 2.45) is 0 Å². The third-order valence-electron chi connectivity index (χ3n) is 3.98. The van der Waals surface area contributed by atoms with Crippen LogP contribution in [-0.4, -0.2) is 74.5 Å². The SMILES string of the molecule is CN1CCN(C(=O)CN(Cc2ccc(Cl)c(Cl)c2)S(C)(=O)=O)CC1. The number of halogens is 2. The van der Waals surface area contributed by atoms with Gasteiger partial charge in [0.2, 0.25) is 15.9 Å². The molecule has 0 aromatic heterocycles. The van der Waals surface area contributed by atoms with E-state index in [0.717, 1.165) is 23.7 Å². The molecule has 0 saturated carbocycles. The Morgan fingerprint density at radius 2 is 1.79 bits per heavy atom. The summed E-state index contributed by atoms with van der Waals surface area (Å²) < 4.78 is 25.3. The molecule has 1 aromatic rings. The molecule has 1 aliphatic heterocycles. The fourth-order valence-electron chi connectivity index (χ4n) is 2.44. The van der Waals surface area contributed by atoms with Crippen molar-refractivity contribution in [1.29, 1.82) is 0 Å². The first-order valence-corrected chi connectivity index (χ1v) is 10.1. The van der Waals surface area contributed by atoms with Crippen molar-refractivity contribution in [3.05, 3.63) is 33.8 Å². The van der Waals surface area contributed by atoms with Gasteiger partial charge >= 0.3 is 0 Å². The zero-order valence-corrected chi connectivity index (χ0v) is 16.0. The third-order valence-corrected chi connectivity index (χ3v) is 5.91. The minimum absolute atomic E-state index is 0.0786. The van der Waals surface area contributed by atoms with Gasteiger partial charge in [-0.25, -0.2) is 8.42 Å². The Kier molecular flexibility index (Phi) is 6.50. The molecule has 1 aromatic carbocycles. The Bertz CT molecular complexity index is 704. The monoisotopic (exact) mass is 393 g/mol. The molecular weight excluding hydrogens is 373 g/mol. The number of hydrogen-bond donors (Lipinski definition) is 0. The van der Waals surface area contributed by atoms with E-state index in [0.29, 0.717) is 28.7 Å². The van der Waals surface area contributed by atoms with Crippen molar-refractivity contribution in [3.8, 4) is 0 Å². The lowest BCUT2D eigenvalue weighted by molar-refractivity contribution is -0.133. The maximum absolute atomic E-state index is 12.4. The summed E-state index contributed by atoms with van der Waals surface area (Å²) in [5.74, 6) is -0.186. The summed E-state index contributed by atoms with van der Waals surface area (Å²) in [7, 11) is -1.54. The quantitative estimate of drug-likeness (QED) is 0.760. The summed E-state index contributed by atoms with van der Waals surface area (Å²) in [4.78, 5) is 16.3. The zero-order chi connectivity index (χ0) is 17.9. The van der Waals surface area contributed by atoms with E-state index < -0.39 is 10.0 Å². The van der Waals surface area contributed by atoms with Crippen LogP contribution in [0.4, 0.5) is 0 Å². The fraction of sp³-hybridized carbons (Fsp3) is 0.533. The van der Waals surface area contributed by atoms with Crippen LogP contribution in [0, 0.1) is 0 Å². The summed E-state index contributed by atoms with van der Waals surface area (Å²) in [6, 6.07) is 4.93. The molecule has 1 aliphatic rings. The zero-order valence-electron chi connectivity index (χ0n) is 13.7. The second-order valence-corrected chi connectivity index (χ2v) is 8.76. The van der Waals surface area contributed by atoms with E-state index in [4.69, 9.17) is 23.2 Å². The van der Waals surface area contributed by atoms with Gasteiger partial charge < -0.3 is 9.80 Å². The van der Waals surface area contributed by atoms with Gasteiger partial charge in [-0.05, 0) is 24.7 Å². The highest BCUT2D eigenvalue weighted by Crippen LogP contribution is 2.23. The van der Waals surface area contributed by atoms with Crippen LogP contribution in [0.2, 0.25) is 10.0 Å². The van der Waals surface area contributed by atoms with Crippen LogP contribution < -0.4 is 0 Å². The number of amides is 1. The molecule has 1 heterocycles. The molecule has 134 valence electrons. The van der Waals surface area contributed by atoms with Crippen molar-refractivity contribution >= 4 is 39.1 Å². The Labute approximate surface area is 153 Å². The summed E-state index contributed by atoms with van der Waals surface area (Å²) in [5, 5.41) is 0.757. The molecule has 6 nitrogen and oxygen atoms in total. The van der Waals surface area contributed by atoms with Crippen molar-refractivity contribution in [1.82, 2.24) is 14.1 Å².